The van der Waals surface area contributed by atoms with E-state index in [-0.39, 0.29) is 29.5 Å². The number of likely N-dealkylation sites (N-methyl/N-ethyl adjacent to an activating group) is 1. The van der Waals surface area contributed by atoms with Crippen LogP contribution in [0.3, 0.4) is 0 Å². The number of aromatic nitrogens is 1. The van der Waals surface area contributed by atoms with Crippen LogP contribution in [0.2, 0.25) is 0 Å². The number of aromatic amines is 1. The molecular formula is C40H44ClN3O12. The number of alkyl halides is 1. The first-order valence-corrected chi connectivity index (χ1v) is 18.4. The van der Waals surface area contributed by atoms with Gasteiger partial charge in [-0.25, -0.2) is 4.79 Å². The van der Waals surface area contributed by atoms with E-state index in [0.29, 0.717) is 29.1 Å². The average Bonchev–Trinajstić information content (AvgIpc) is 3.75. The number of benzene rings is 3. The van der Waals surface area contributed by atoms with Gasteiger partial charge in [0.15, 0.2) is 18.3 Å². The van der Waals surface area contributed by atoms with Crippen molar-refractivity contribution in [3.63, 3.8) is 0 Å². The predicted octanol–water partition coefficient (Wildman–Crippen LogP) is 4.70. The van der Waals surface area contributed by atoms with Crippen molar-refractivity contribution in [1.29, 1.82) is 0 Å². The minimum Gasteiger partial charge on any atom is -0.492 e. The van der Waals surface area contributed by atoms with Crippen LogP contribution < -0.4 is 14.4 Å². The molecule has 1 N–H and O–H groups in total. The molecule has 6 rings (SSSR count). The highest BCUT2D eigenvalue weighted by molar-refractivity contribution is 6.22. The normalized spacial score (nSPS) is 22.3. The number of esters is 4. The van der Waals surface area contributed by atoms with Crippen LogP contribution in [0.1, 0.15) is 49.7 Å². The van der Waals surface area contributed by atoms with Crippen molar-refractivity contribution in [3.8, 4) is 11.5 Å². The second-order valence-corrected chi connectivity index (χ2v) is 14.6. The average molecular weight is 794 g/mol. The first-order valence-electron chi connectivity index (χ1n) is 18.0. The Labute approximate surface area is 328 Å². The van der Waals surface area contributed by atoms with E-state index in [2.05, 4.69) is 4.98 Å². The van der Waals surface area contributed by atoms with E-state index >= 15 is 0 Å². The molecule has 4 aromatic rings. The van der Waals surface area contributed by atoms with Gasteiger partial charge < -0.3 is 47.9 Å². The summed E-state index contributed by atoms with van der Waals surface area (Å²) in [6, 6.07) is 16.3. The molecule has 1 aromatic heterocycles. The van der Waals surface area contributed by atoms with Crippen LogP contribution in [0.25, 0.3) is 21.7 Å². The number of ether oxygens (including phenoxy) is 7. The molecule has 2 aliphatic heterocycles. The van der Waals surface area contributed by atoms with Crippen molar-refractivity contribution in [2.24, 2.45) is 0 Å². The summed E-state index contributed by atoms with van der Waals surface area (Å²) < 4.78 is 39.9. The highest BCUT2D eigenvalue weighted by Gasteiger charge is 2.56. The number of methoxy groups -OCH3 is 1. The van der Waals surface area contributed by atoms with E-state index in [1.165, 1.54) is 0 Å². The number of hydrogen-bond donors (Lipinski definition) is 1. The first-order chi connectivity index (χ1) is 26.7. The van der Waals surface area contributed by atoms with Crippen molar-refractivity contribution in [1.82, 2.24) is 9.88 Å². The summed E-state index contributed by atoms with van der Waals surface area (Å²) in [6.45, 7) is 6.69. The summed E-state index contributed by atoms with van der Waals surface area (Å²) in [4.78, 5) is 71.5. The Hall–Kier alpha value is -5.38. The number of carbonyl (C=O) groups is 5. The van der Waals surface area contributed by atoms with Crippen LogP contribution in [0.15, 0.2) is 54.6 Å². The molecule has 0 radical (unpaired) electrons. The molecular weight excluding hydrogens is 750 g/mol. The SMILES string of the molecule is COC(=O)[C@H]1O[C@H](Oc2cc3c(c4ccccc24)[C@H]([C@@H](C)Cl)CN3C(=O)c2cc3cc(OCCN(C)C)ccc3[nH]2)[C@H](OC(C)=O)[C@@H](OC(C)=O)[C@@H]1OC(C)=O. The van der Waals surface area contributed by atoms with E-state index in [0.717, 1.165) is 56.3 Å². The fraction of sp³-hybridized carbons (Fsp3) is 0.425. The highest BCUT2D eigenvalue weighted by atomic mass is 35.5. The van der Waals surface area contributed by atoms with E-state index in [9.17, 15) is 24.0 Å². The van der Waals surface area contributed by atoms with Crippen molar-refractivity contribution in [3.05, 3.63) is 65.9 Å². The molecule has 2 aliphatic rings. The Morgan fingerprint density at radius 3 is 2.21 bits per heavy atom. The summed E-state index contributed by atoms with van der Waals surface area (Å²) >= 11 is 6.82. The fourth-order valence-electron chi connectivity index (χ4n) is 7.12. The van der Waals surface area contributed by atoms with Crippen LogP contribution >= 0.6 is 11.6 Å². The Balaban J connectivity index is 1.42. The van der Waals surface area contributed by atoms with Crippen LogP contribution in [0.5, 0.6) is 11.5 Å². The molecule has 0 aliphatic carbocycles. The van der Waals surface area contributed by atoms with E-state index in [1.54, 1.807) is 29.2 Å². The van der Waals surface area contributed by atoms with Crippen LogP contribution in [-0.2, 0) is 42.9 Å². The third kappa shape index (κ3) is 8.39. The number of anilines is 1. The van der Waals surface area contributed by atoms with Gasteiger partial charge in [0.1, 0.15) is 23.8 Å². The quantitative estimate of drug-likeness (QED) is 0.119. The number of H-pyrrole nitrogens is 1. The summed E-state index contributed by atoms with van der Waals surface area (Å²) in [5.41, 5.74) is 2.41. The Kier molecular flexibility index (Phi) is 12.1. The van der Waals surface area contributed by atoms with Gasteiger partial charge in [-0.05, 0) is 56.2 Å². The topological polar surface area (TPSA) is 172 Å². The first kappa shape index (κ1) is 40.3. The number of rotatable bonds is 12. The third-order valence-corrected chi connectivity index (χ3v) is 9.88. The zero-order chi connectivity index (χ0) is 40.4. The number of nitrogens with one attached hydrogen (secondary N) is 1. The van der Waals surface area contributed by atoms with Gasteiger partial charge in [0.25, 0.3) is 5.91 Å². The van der Waals surface area contributed by atoms with Gasteiger partial charge in [-0.15, -0.1) is 11.6 Å². The Morgan fingerprint density at radius 2 is 1.57 bits per heavy atom. The van der Waals surface area contributed by atoms with Gasteiger partial charge in [0.05, 0.1) is 12.8 Å². The number of nitrogens with zero attached hydrogens (tertiary/aromatic N) is 2. The molecule has 7 atom stereocenters. The molecule has 0 spiro atoms. The zero-order valence-corrected chi connectivity index (χ0v) is 32.8. The largest absolute Gasteiger partial charge is 0.492 e. The molecule has 3 aromatic carbocycles. The molecule has 0 bridgehead atoms. The van der Waals surface area contributed by atoms with E-state index in [1.807, 2.05) is 56.3 Å². The van der Waals surface area contributed by atoms with Crippen LogP contribution in [0.4, 0.5) is 5.69 Å². The molecule has 0 saturated carbocycles. The number of hydrogen-bond acceptors (Lipinski definition) is 13. The Morgan fingerprint density at radius 1 is 0.911 bits per heavy atom. The fourth-order valence-corrected chi connectivity index (χ4v) is 7.33. The lowest BCUT2D eigenvalue weighted by molar-refractivity contribution is -0.282. The van der Waals surface area contributed by atoms with Gasteiger partial charge in [-0.3, -0.25) is 19.2 Å². The molecule has 56 heavy (non-hydrogen) atoms. The lowest BCUT2D eigenvalue weighted by Crippen LogP contribution is -2.64. The summed E-state index contributed by atoms with van der Waals surface area (Å²) in [7, 11) is 5.03. The van der Waals surface area contributed by atoms with Gasteiger partial charge in [-0.1, -0.05) is 24.3 Å². The predicted molar refractivity (Wildman–Crippen MR) is 204 cm³/mol. The summed E-state index contributed by atoms with van der Waals surface area (Å²) in [6.07, 6.45) is -7.93. The van der Waals surface area contributed by atoms with Gasteiger partial charge in [0.2, 0.25) is 12.4 Å². The van der Waals surface area contributed by atoms with E-state index < -0.39 is 54.6 Å². The highest BCUT2D eigenvalue weighted by Crippen LogP contribution is 2.48. The van der Waals surface area contributed by atoms with Crippen molar-refractivity contribution in [2.75, 3.05) is 45.8 Å². The zero-order valence-electron chi connectivity index (χ0n) is 32.0. The second kappa shape index (κ2) is 16.8. The maximum Gasteiger partial charge on any atom is 0.339 e. The van der Waals surface area contributed by atoms with Crippen LogP contribution in [0, 0.1) is 0 Å². The minimum absolute atomic E-state index is 0.175. The molecule has 16 heteroatoms. The lowest BCUT2D eigenvalue weighted by Gasteiger charge is -2.43. The number of halogens is 1. The van der Waals surface area contributed by atoms with Gasteiger partial charge in [0, 0.05) is 67.5 Å². The monoisotopic (exact) mass is 793 g/mol. The number of carbonyl (C=O) groups excluding carboxylic acids is 5. The molecule has 0 unspecified atom stereocenters. The van der Waals surface area contributed by atoms with E-state index in [4.69, 9.17) is 44.8 Å². The standard InChI is InChI=1S/C40H44ClN3O12/c1-20(41)28-19-44(38(48)30-17-24-16-25(12-13-29(24)42-30)51-15-14-43(5)6)31-18-32(26-10-8-9-11-27(26)33(28)31)55-40-37(54-23(4)47)35(53-22(3)46)34(52-21(2)45)36(56-40)39(49)50-7/h8-13,16-18,20,28,34-37,40,42H,14-15,19H2,1-7H3/t20-,28+,34+,35+,36+,37-,40+/m1/s1. The Bertz CT molecular complexity index is 2150. The lowest BCUT2D eigenvalue weighted by atomic mass is 9.92. The maximum atomic E-state index is 14.5. The summed E-state index contributed by atoms with van der Waals surface area (Å²) in [5, 5.41) is 1.72. The maximum absolute atomic E-state index is 14.5. The van der Waals surface area contributed by atoms with Gasteiger partial charge in [-0.2, -0.15) is 0 Å². The minimum atomic E-state index is -1.66. The van der Waals surface area contributed by atoms with Crippen molar-refractivity contribution < 1.29 is 57.1 Å². The molecule has 1 saturated heterocycles. The van der Waals surface area contributed by atoms with Crippen molar-refractivity contribution in [2.45, 2.75) is 69.7 Å². The molecule has 1 amide bonds. The van der Waals surface area contributed by atoms with Crippen molar-refractivity contribution >= 4 is 68.7 Å². The summed E-state index contributed by atoms with van der Waals surface area (Å²) in [5.74, 6) is -3.18. The van der Waals surface area contributed by atoms with Crippen LogP contribution in [-0.4, -0.2) is 117 Å². The number of amides is 1. The number of fused-ring (bicyclic) bond motifs is 4. The smallest absolute Gasteiger partial charge is 0.339 e. The van der Waals surface area contributed by atoms with Gasteiger partial charge >= 0.3 is 23.9 Å². The molecule has 3 heterocycles. The molecule has 1 fully saturated rings. The molecule has 298 valence electrons. The molecule has 15 nitrogen and oxygen atoms in total. The second-order valence-electron chi connectivity index (χ2n) is 13.9. The third-order valence-electron chi connectivity index (χ3n) is 9.57.